The molecule has 1 rings (SSSR count). The molecule has 1 aromatic rings. The fraction of sp³-hybridized carbons (Fsp3) is 0.333. The lowest BCUT2D eigenvalue weighted by atomic mass is 10.1. The smallest absolute Gasteiger partial charge is 0.0142 e. The van der Waals surface area contributed by atoms with Crippen LogP contribution in [0.25, 0.3) is 0 Å². The molecule has 0 amide bonds. The van der Waals surface area contributed by atoms with Crippen LogP contribution < -0.4 is 0 Å². The van der Waals surface area contributed by atoms with E-state index < -0.39 is 0 Å². The van der Waals surface area contributed by atoms with Crippen LogP contribution in [0.15, 0.2) is 47.9 Å². The van der Waals surface area contributed by atoms with E-state index in [9.17, 15) is 0 Å². The van der Waals surface area contributed by atoms with Gasteiger partial charge in [-0.1, -0.05) is 48.1 Å². The summed E-state index contributed by atoms with van der Waals surface area (Å²) in [6.45, 7) is 2.13. The number of hydrogen-bond acceptors (Lipinski definition) is 1. The van der Waals surface area contributed by atoms with E-state index in [0.29, 0.717) is 0 Å². The Morgan fingerprint density at radius 1 is 1.12 bits per heavy atom. The van der Waals surface area contributed by atoms with Crippen molar-refractivity contribution in [3.8, 4) is 0 Å². The summed E-state index contributed by atoms with van der Waals surface area (Å²) in [7, 11) is 0. The summed E-state index contributed by atoms with van der Waals surface area (Å²) in [5.74, 6) is 0. The monoisotopic (exact) mass is 232 g/mol. The number of thioether (sulfide) groups is 1. The molecule has 0 aliphatic heterocycles. The summed E-state index contributed by atoms with van der Waals surface area (Å²) in [4.78, 5) is 0. The first-order valence-electron chi connectivity index (χ1n) is 5.73. The quantitative estimate of drug-likeness (QED) is 0.504. The van der Waals surface area contributed by atoms with E-state index in [1.165, 1.54) is 24.0 Å². The van der Waals surface area contributed by atoms with E-state index in [1.807, 2.05) is 0 Å². The van der Waals surface area contributed by atoms with Crippen LogP contribution in [0.1, 0.15) is 24.0 Å². The number of allylic oxidation sites excluding steroid dienone is 3. The maximum absolute atomic E-state index is 2.24. The highest BCUT2D eigenvalue weighted by atomic mass is 32.2. The van der Waals surface area contributed by atoms with Crippen molar-refractivity contribution in [2.45, 2.75) is 26.2 Å². The first-order chi connectivity index (χ1) is 7.83. The minimum Gasteiger partial charge on any atom is -0.138 e. The summed E-state index contributed by atoms with van der Waals surface area (Å²) in [5, 5.41) is 2.09. The van der Waals surface area contributed by atoms with Crippen LogP contribution in [-0.2, 0) is 6.42 Å². The molecule has 0 radical (unpaired) electrons. The molecule has 86 valence electrons. The second-order valence-electron chi connectivity index (χ2n) is 3.87. The van der Waals surface area contributed by atoms with Crippen LogP contribution in [0.3, 0.4) is 0 Å². The molecule has 0 spiro atoms. The van der Waals surface area contributed by atoms with Crippen molar-refractivity contribution < 1.29 is 0 Å². The van der Waals surface area contributed by atoms with Crippen molar-refractivity contribution in [2.75, 3.05) is 6.26 Å². The maximum atomic E-state index is 2.24. The standard InChI is InChI=1S/C15H20S/c1-14-9-11-15(12-10-14)8-6-4-3-5-7-13-16-2/h3,5,7,9-13H,4,6,8H2,1-2H3/b5-3-,13-7-. The lowest BCUT2D eigenvalue weighted by molar-refractivity contribution is 0.842. The predicted molar refractivity (Wildman–Crippen MR) is 75.9 cm³/mol. The summed E-state index contributed by atoms with van der Waals surface area (Å²) in [6, 6.07) is 8.83. The van der Waals surface area contributed by atoms with Crippen molar-refractivity contribution in [1.82, 2.24) is 0 Å². The Morgan fingerprint density at radius 2 is 1.88 bits per heavy atom. The van der Waals surface area contributed by atoms with Gasteiger partial charge in [0.05, 0.1) is 0 Å². The number of rotatable bonds is 6. The molecule has 0 aromatic heterocycles. The zero-order valence-electron chi connectivity index (χ0n) is 10.1. The van der Waals surface area contributed by atoms with Crippen molar-refractivity contribution in [3.05, 3.63) is 59.0 Å². The van der Waals surface area contributed by atoms with Crippen LogP contribution in [0.5, 0.6) is 0 Å². The van der Waals surface area contributed by atoms with E-state index in [0.717, 1.165) is 6.42 Å². The number of benzene rings is 1. The van der Waals surface area contributed by atoms with E-state index >= 15 is 0 Å². The SMILES string of the molecule is CS/C=C\C=C/CCCc1ccc(C)cc1. The third-order valence-electron chi connectivity index (χ3n) is 2.42. The number of hydrogen-bond donors (Lipinski definition) is 0. The third-order valence-corrected chi connectivity index (χ3v) is 2.85. The molecule has 16 heavy (non-hydrogen) atoms. The van der Waals surface area contributed by atoms with Crippen molar-refractivity contribution >= 4 is 11.8 Å². The Balaban J connectivity index is 2.18. The van der Waals surface area contributed by atoms with Gasteiger partial charge in [0.15, 0.2) is 0 Å². The van der Waals surface area contributed by atoms with Gasteiger partial charge >= 0.3 is 0 Å². The van der Waals surface area contributed by atoms with Gasteiger partial charge in [-0.2, -0.15) is 0 Å². The molecule has 0 fully saturated rings. The van der Waals surface area contributed by atoms with Crippen LogP contribution in [0.4, 0.5) is 0 Å². The third kappa shape index (κ3) is 5.82. The number of aryl methyl sites for hydroxylation is 2. The molecule has 0 unspecified atom stereocenters. The summed E-state index contributed by atoms with van der Waals surface area (Å²) in [5.41, 5.74) is 2.78. The molecular weight excluding hydrogens is 212 g/mol. The van der Waals surface area contributed by atoms with Crippen LogP contribution in [0, 0.1) is 6.92 Å². The highest BCUT2D eigenvalue weighted by Crippen LogP contribution is 2.07. The Hall–Kier alpha value is -0.950. The Morgan fingerprint density at radius 3 is 2.56 bits per heavy atom. The van der Waals surface area contributed by atoms with Crippen molar-refractivity contribution in [2.24, 2.45) is 0 Å². The Labute approximate surface area is 103 Å². The van der Waals surface area contributed by atoms with Gasteiger partial charge in [-0.25, -0.2) is 0 Å². The van der Waals surface area contributed by atoms with Crippen molar-refractivity contribution in [1.29, 1.82) is 0 Å². The van der Waals surface area contributed by atoms with Gasteiger partial charge in [0.1, 0.15) is 0 Å². The Bertz CT molecular complexity index is 333. The normalized spacial score (nSPS) is 11.6. The average molecular weight is 232 g/mol. The van der Waals surface area contributed by atoms with Gasteiger partial charge in [-0.3, -0.25) is 0 Å². The van der Waals surface area contributed by atoms with Gasteiger partial charge in [0.2, 0.25) is 0 Å². The lowest BCUT2D eigenvalue weighted by Gasteiger charge is -1.99. The van der Waals surface area contributed by atoms with E-state index in [-0.39, 0.29) is 0 Å². The molecule has 0 atom stereocenters. The summed E-state index contributed by atoms with van der Waals surface area (Å²) < 4.78 is 0. The summed E-state index contributed by atoms with van der Waals surface area (Å²) >= 11 is 1.73. The van der Waals surface area contributed by atoms with E-state index in [1.54, 1.807) is 11.8 Å². The predicted octanol–water partition coefficient (Wildman–Crippen LogP) is 4.75. The van der Waals surface area contributed by atoms with Gasteiger partial charge in [0, 0.05) is 0 Å². The van der Waals surface area contributed by atoms with Gasteiger partial charge in [0.25, 0.3) is 0 Å². The summed E-state index contributed by atoms with van der Waals surface area (Å²) in [6.07, 6.45) is 12.1. The van der Waals surface area contributed by atoms with E-state index in [4.69, 9.17) is 0 Å². The van der Waals surface area contributed by atoms with Crippen LogP contribution in [-0.4, -0.2) is 6.26 Å². The molecule has 0 N–H and O–H groups in total. The Kier molecular flexibility index (Phi) is 6.75. The maximum Gasteiger partial charge on any atom is -0.0142 e. The first kappa shape index (κ1) is 13.1. The fourth-order valence-corrected chi connectivity index (χ4v) is 1.73. The molecule has 0 bridgehead atoms. The largest absolute Gasteiger partial charge is 0.138 e. The average Bonchev–Trinajstić information content (AvgIpc) is 2.30. The lowest BCUT2D eigenvalue weighted by Crippen LogP contribution is -1.84. The van der Waals surface area contributed by atoms with Crippen LogP contribution >= 0.6 is 11.8 Å². The molecule has 0 aliphatic carbocycles. The molecule has 0 nitrogen and oxygen atoms in total. The molecular formula is C15H20S. The molecule has 0 aliphatic rings. The minimum atomic E-state index is 1.16. The fourth-order valence-electron chi connectivity index (χ4n) is 1.48. The zero-order chi connectivity index (χ0) is 11.6. The highest BCUT2D eigenvalue weighted by molar-refractivity contribution is 8.01. The van der Waals surface area contributed by atoms with Crippen LogP contribution in [0.2, 0.25) is 0 Å². The first-order valence-corrected chi connectivity index (χ1v) is 7.02. The second kappa shape index (κ2) is 8.23. The minimum absolute atomic E-state index is 1.16. The highest BCUT2D eigenvalue weighted by Gasteiger charge is 1.91. The van der Waals surface area contributed by atoms with Gasteiger partial charge in [-0.05, 0) is 43.4 Å². The topological polar surface area (TPSA) is 0 Å². The molecule has 1 aromatic carbocycles. The second-order valence-corrected chi connectivity index (χ2v) is 4.61. The molecule has 1 heteroatoms. The molecule has 0 heterocycles. The van der Waals surface area contributed by atoms with Gasteiger partial charge in [-0.15, -0.1) is 11.8 Å². The molecule has 0 saturated carbocycles. The van der Waals surface area contributed by atoms with Gasteiger partial charge < -0.3 is 0 Å². The van der Waals surface area contributed by atoms with Crippen molar-refractivity contribution in [3.63, 3.8) is 0 Å². The zero-order valence-corrected chi connectivity index (χ0v) is 11.0. The molecule has 0 saturated heterocycles. The number of unbranched alkanes of at least 4 members (excludes halogenated alkanes) is 1. The van der Waals surface area contributed by atoms with E-state index in [2.05, 4.69) is 61.1 Å².